The summed E-state index contributed by atoms with van der Waals surface area (Å²) in [4.78, 5) is 11.3. The Morgan fingerprint density at radius 1 is 1.44 bits per heavy atom. The Kier molecular flexibility index (Phi) is 5.21. The topological polar surface area (TPSA) is 64.3 Å². The van der Waals surface area contributed by atoms with Crippen LogP contribution >= 0.6 is 0 Å². The molecule has 7 heteroatoms. The number of alkyl halides is 3. The quantitative estimate of drug-likeness (QED) is 0.749. The van der Waals surface area contributed by atoms with Gasteiger partial charge in [0.1, 0.15) is 6.61 Å². The molecule has 0 aromatic rings. The maximum atomic E-state index is 11.7. The van der Waals surface area contributed by atoms with Crippen molar-refractivity contribution in [2.75, 3.05) is 13.2 Å². The first-order chi connectivity index (χ1) is 7.02. The Balaban J connectivity index is 3.84. The lowest BCUT2D eigenvalue weighted by molar-refractivity contribution is -0.175. The summed E-state index contributed by atoms with van der Waals surface area (Å²) in [5.74, 6) is -0.435. The van der Waals surface area contributed by atoms with Crippen LogP contribution in [0.4, 0.5) is 13.2 Å². The fourth-order valence-electron chi connectivity index (χ4n) is 0.803. The van der Waals surface area contributed by atoms with Gasteiger partial charge in [-0.25, -0.2) is 0 Å². The Labute approximate surface area is 92.3 Å². The summed E-state index contributed by atoms with van der Waals surface area (Å²) in [7, 11) is 0. The number of halogens is 3. The van der Waals surface area contributed by atoms with Crippen LogP contribution in [0.15, 0.2) is 0 Å². The van der Waals surface area contributed by atoms with Crippen molar-refractivity contribution >= 4 is 5.91 Å². The first-order valence-electron chi connectivity index (χ1n) is 4.76. The van der Waals surface area contributed by atoms with E-state index in [9.17, 15) is 18.0 Å². The summed E-state index contributed by atoms with van der Waals surface area (Å²) in [6, 6.07) is -0.516. The summed E-state index contributed by atoms with van der Waals surface area (Å²) in [5, 5.41) is 2.45. The second-order valence-corrected chi connectivity index (χ2v) is 4.23. The Morgan fingerprint density at radius 2 is 1.94 bits per heavy atom. The van der Waals surface area contributed by atoms with E-state index < -0.39 is 30.3 Å². The van der Waals surface area contributed by atoms with Crippen molar-refractivity contribution in [3.05, 3.63) is 0 Å². The molecule has 3 N–H and O–H groups in total. The van der Waals surface area contributed by atoms with Gasteiger partial charge < -0.3 is 15.8 Å². The molecule has 96 valence electrons. The predicted octanol–water partition coefficient (Wildman–Crippen LogP) is 0.807. The van der Waals surface area contributed by atoms with Crippen LogP contribution in [-0.2, 0) is 9.53 Å². The minimum absolute atomic E-state index is 0.207. The fraction of sp³-hybridized carbons (Fsp3) is 0.889. The first-order valence-corrected chi connectivity index (χ1v) is 4.76. The van der Waals surface area contributed by atoms with Crippen LogP contribution in [0.1, 0.15) is 20.8 Å². The molecule has 0 saturated heterocycles. The predicted molar refractivity (Wildman–Crippen MR) is 52.7 cm³/mol. The van der Waals surface area contributed by atoms with Gasteiger partial charge in [0, 0.05) is 6.04 Å². The zero-order valence-corrected chi connectivity index (χ0v) is 9.52. The van der Waals surface area contributed by atoms with Crippen LogP contribution < -0.4 is 11.1 Å². The van der Waals surface area contributed by atoms with E-state index in [1.54, 1.807) is 6.92 Å². The molecule has 0 aromatic carbocycles. The molecule has 0 aliphatic rings. The normalized spacial score (nSPS) is 14.7. The summed E-state index contributed by atoms with van der Waals surface area (Å²) >= 11 is 0. The van der Waals surface area contributed by atoms with Crippen molar-refractivity contribution < 1.29 is 22.7 Å². The molecule has 0 aliphatic heterocycles. The summed E-state index contributed by atoms with van der Waals surface area (Å²) in [5.41, 5.74) is 4.44. The number of hydrogen-bond acceptors (Lipinski definition) is 3. The van der Waals surface area contributed by atoms with Gasteiger partial charge in [0.15, 0.2) is 0 Å². The van der Waals surface area contributed by atoms with Crippen molar-refractivity contribution in [1.82, 2.24) is 5.32 Å². The average molecular weight is 242 g/mol. The summed E-state index contributed by atoms with van der Waals surface area (Å²) in [6.07, 6.45) is -4.35. The zero-order valence-electron chi connectivity index (χ0n) is 9.52. The van der Waals surface area contributed by atoms with Gasteiger partial charge in [-0.15, -0.1) is 0 Å². The molecule has 0 saturated carbocycles. The van der Waals surface area contributed by atoms with Crippen molar-refractivity contribution in [2.24, 2.45) is 5.73 Å². The lowest BCUT2D eigenvalue weighted by atomic mass is 10.1. The van der Waals surface area contributed by atoms with E-state index in [0.717, 1.165) is 0 Å². The average Bonchev–Trinajstić information content (AvgIpc) is 1.99. The molecular formula is C9H17F3N2O2. The number of ether oxygens (including phenoxy) is 1. The lowest BCUT2D eigenvalue weighted by Crippen LogP contribution is -2.52. The summed E-state index contributed by atoms with van der Waals surface area (Å²) < 4.78 is 39.6. The number of amides is 1. The van der Waals surface area contributed by atoms with Crippen molar-refractivity contribution in [3.63, 3.8) is 0 Å². The molecule has 1 amide bonds. The van der Waals surface area contributed by atoms with Gasteiger partial charge in [-0.2, -0.15) is 13.2 Å². The van der Waals surface area contributed by atoms with Gasteiger partial charge in [0.25, 0.3) is 0 Å². The Morgan fingerprint density at radius 3 is 2.31 bits per heavy atom. The highest BCUT2D eigenvalue weighted by molar-refractivity contribution is 5.85. The van der Waals surface area contributed by atoms with Gasteiger partial charge in [-0.1, -0.05) is 0 Å². The molecule has 0 fully saturated rings. The molecular weight excluding hydrogens is 225 g/mol. The molecule has 0 aliphatic carbocycles. The smallest absolute Gasteiger partial charge is 0.370 e. The third kappa shape index (κ3) is 7.47. The number of nitrogens with one attached hydrogen (secondary N) is 1. The number of carbonyl (C=O) groups is 1. The number of carbonyl (C=O) groups excluding carboxylic acids is 1. The third-order valence-electron chi connectivity index (χ3n) is 1.60. The van der Waals surface area contributed by atoms with Gasteiger partial charge in [0.2, 0.25) is 5.91 Å². The molecule has 16 heavy (non-hydrogen) atoms. The maximum absolute atomic E-state index is 11.7. The van der Waals surface area contributed by atoms with E-state index >= 15 is 0 Å². The van der Waals surface area contributed by atoms with Gasteiger partial charge in [-0.05, 0) is 20.8 Å². The van der Waals surface area contributed by atoms with Gasteiger partial charge in [-0.3, -0.25) is 4.79 Å². The largest absolute Gasteiger partial charge is 0.411 e. The monoisotopic (exact) mass is 242 g/mol. The second-order valence-electron chi connectivity index (χ2n) is 4.23. The van der Waals surface area contributed by atoms with Gasteiger partial charge >= 0.3 is 6.18 Å². The van der Waals surface area contributed by atoms with Crippen molar-refractivity contribution in [3.8, 4) is 0 Å². The molecule has 0 spiro atoms. The molecule has 0 aromatic heterocycles. The standard InChI is InChI=1S/C9H17F3N2O2/c1-6(4-16-5-9(10,11)12)14-7(15)8(2,3)13/h6H,4-5,13H2,1-3H3,(H,14,15). The third-order valence-corrected chi connectivity index (χ3v) is 1.60. The Hall–Kier alpha value is -0.820. The van der Waals surface area contributed by atoms with E-state index in [4.69, 9.17) is 5.73 Å². The molecule has 0 radical (unpaired) electrons. The minimum Gasteiger partial charge on any atom is -0.370 e. The SMILES string of the molecule is CC(COCC(F)(F)F)NC(=O)C(C)(C)N. The highest BCUT2D eigenvalue weighted by Crippen LogP contribution is 2.14. The van der Waals surface area contributed by atoms with Crippen LogP contribution in [0, 0.1) is 0 Å². The minimum atomic E-state index is -4.35. The maximum Gasteiger partial charge on any atom is 0.411 e. The number of nitrogens with two attached hydrogens (primary N) is 1. The molecule has 4 nitrogen and oxygen atoms in total. The zero-order chi connectivity index (χ0) is 13.0. The van der Waals surface area contributed by atoms with E-state index in [2.05, 4.69) is 10.1 Å². The van der Waals surface area contributed by atoms with E-state index in [-0.39, 0.29) is 6.61 Å². The van der Waals surface area contributed by atoms with Crippen molar-refractivity contribution in [1.29, 1.82) is 0 Å². The first kappa shape index (κ1) is 15.2. The van der Waals surface area contributed by atoms with Crippen LogP contribution in [0.3, 0.4) is 0 Å². The fourth-order valence-corrected chi connectivity index (χ4v) is 0.803. The highest BCUT2D eigenvalue weighted by Gasteiger charge is 2.28. The summed E-state index contributed by atoms with van der Waals surface area (Å²) in [6.45, 7) is 3.03. The van der Waals surface area contributed by atoms with Crippen LogP contribution in [-0.4, -0.2) is 36.9 Å². The number of hydrogen-bond donors (Lipinski definition) is 2. The lowest BCUT2D eigenvalue weighted by Gasteiger charge is -2.22. The molecule has 0 bridgehead atoms. The van der Waals surface area contributed by atoms with E-state index in [0.29, 0.717) is 0 Å². The molecule has 0 heterocycles. The van der Waals surface area contributed by atoms with Crippen molar-refractivity contribution in [2.45, 2.75) is 38.5 Å². The van der Waals surface area contributed by atoms with E-state index in [1.165, 1.54) is 13.8 Å². The van der Waals surface area contributed by atoms with E-state index in [1.807, 2.05) is 0 Å². The van der Waals surface area contributed by atoms with Crippen LogP contribution in [0.5, 0.6) is 0 Å². The van der Waals surface area contributed by atoms with Crippen LogP contribution in [0.2, 0.25) is 0 Å². The van der Waals surface area contributed by atoms with Crippen LogP contribution in [0.25, 0.3) is 0 Å². The second kappa shape index (κ2) is 5.49. The highest BCUT2D eigenvalue weighted by atomic mass is 19.4. The molecule has 1 unspecified atom stereocenters. The number of rotatable bonds is 5. The molecule has 1 atom stereocenters. The van der Waals surface area contributed by atoms with Gasteiger partial charge in [0.05, 0.1) is 12.1 Å². The molecule has 0 rings (SSSR count). The Bertz CT molecular complexity index is 236.